The predicted molar refractivity (Wildman–Crippen MR) is 82.4 cm³/mol. The van der Waals surface area contributed by atoms with E-state index in [1.54, 1.807) is 0 Å². The van der Waals surface area contributed by atoms with Crippen molar-refractivity contribution in [3.63, 3.8) is 0 Å². The summed E-state index contributed by atoms with van der Waals surface area (Å²) in [4.78, 5) is 14.4. The third-order valence-corrected chi connectivity index (χ3v) is 3.75. The molecule has 0 saturated carbocycles. The van der Waals surface area contributed by atoms with Gasteiger partial charge in [0.15, 0.2) is 0 Å². The number of nitrogens with zero attached hydrogens (tertiary/aromatic N) is 1. The Bertz CT molecular complexity index is 604. The van der Waals surface area contributed by atoms with Gasteiger partial charge in [0, 0.05) is 13.1 Å². The minimum atomic E-state index is 0.0798. The summed E-state index contributed by atoms with van der Waals surface area (Å²) in [7, 11) is 0. The highest BCUT2D eigenvalue weighted by Crippen LogP contribution is 2.23. The number of ether oxygens (including phenoxy) is 1. The van der Waals surface area contributed by atoms with Gasteiger partial charge >= 0.3 is 0 Å². The average Bonchev–Trinajstić information content (AvgIpc) is 3.08. The van der Waals surface area contributed by atoms with Gasteiger partial charge in [0.05, 0.1) is 5.56 Å². The maximum Gasteiger partial charge on any atom is 0.257 e. The largest absolute Gasteiger partial charge is 0.488 e. The van der Waals surface area contributed by atoms with Crippen LogP contribution in [-0.4, -0.2) is 23.9 Å². The Morgan fingerprint density at radius 2 is 1.62 bits per heavy atom. The third-order valence-electron chi connectivity index (χ3n) is 3.75. The maximum atomic E-state index is 12.5. The summed E-state index contributed by atoms with van der Waals surface area (Å²) in [5.74, 6) is 0.745. The lowest BCUT2D eigenvalue weighted by Gasteiger charge is -2.17. The second-order valence-corrected chi connectivity index (χ2v) is 5.27. The van der Waals surface area contributed by atoms with Crippen LogP contribution in [0, 0.1) is 0 Å². The number of hydrogen-bond donors (Lipinski definition) is 0. The van der Waals surface area contributed by atoms with Crippen molar-refractivity contribution in [1.29, 1.82) is 0 Å². The SMILES string of the molecule is O=C(c1ccccc1OCc1ccccc1)N1CCCC1. The number of benzene rings is 2. The number of carbonyl (C=O) groups excluding carboxylic acids is 1. The van der Waals surface area contributed by atoms with E-state index in [0.717, 1.165) is 31.5 Å². The summed E-state index contributed by atoms with van der Waals surface area (Å²) in [5.41, 5.74) is 1.76. The van der Waals surface area contributed by atoms with Crippen LogP contribution in [0.4, 0.5) is 0 Å². The van der Waals surface area contributed by atoms with E-state index in [0.29, 0.717) is 17.9 Å². The standard InChI is InChI=1S/C18H19NO2/c20-18(19-12-6-7-13-19)16-10-4-5-11-17(16)21-14-15-8-2-1-3-9-15/h1-5,8-11H,6-7,12-14H2. The molecule has 1 amide bonds. The smallest absolute Gasteiger partial charge is 0.257 e. The van der Waals surface area contributed by atoms with Gasteiger partial charge in [0.2, 0.25) is 0 Å². The molecule has 1 aliphatic rings. The zero-order valence-electron chi connectivity index (χ0n) is 12.0. The lowest BCUT2D eigenvalue weighted by atomic mass is 10.1. The lowest BCUT2D eigenvalue weighted by molar-refractivity contribution is 0.0788. The Kier molecular flexibility index (Phi) is 4.20. The molecule has 21 heavy (non-hydrogen) atoms. The van der Waals surface area contributed by atoms with Gasteiger partial charge in [-0.1, -0.05) is 42.5 Å². The monoisotopic (exact) mass is 281 g/mol. The minimum Gasteiger partial charge on any atom is -0.488 e. The van der Waals surface area contributed by atoms with Crippen molar-refractivity contribution < 1.29 is 9.53 Å². The molecule has 3 nitrogen and oxygen atoms in total. The molecule has 3 rings (SSSR count). The molecule has 0 aromatic heterocycles. The van der Waals surface area contributed by atoms with E-state index in [-0.39, 0.29) is 5.91 Å². The zero-order chi connectivity index (χ0) is 14.5. The summed E-state index contributed by atoms with van der Waals surface area (Å²) in [6.07, 6.45) is 2.19. The van der Waals surface area contributed by atoms with Gasteiger partial charge in [-0.15, -0.1) is 0 Å². The topological polar surface area (TPSA) is 29.5 Å². The molecule has 0 unspecified atom stereocenters. The van der Waals surface area contributed by atoms with Gasteiger partial charge in [-0.2, -0.15) is 0 Å². The first-order chi connectivity index (χ1) is 10.3. The van der Waals surface area contributed by atoms with Crippen LogP contribution < -0.4 is 4.74 Å². The first kappa shape index (κ1) is 13.7. The second-order valence-electron chi connectivity index (χ2n) is 5.27. The van der Waals surface area contributed by atoms with Crippen molar-refractivity contribution in [3.05, 3.63) is 65.7 Å². The molecular formula is C18H19NO2. The van der Waals surface area contributed by atoms with Gasteiger partial charge in [0.1, 0.15) is 12.4 Å². The van der Waals surface area contributed by atoms with E-state index >= 15 is 0 Å². The van der Waals surface area contributed by atoms with Gasteiger partial charge in [0.25, 0.3) is 5.91 Å². The molecule has 0 atom stereocenters. The van der Waals surface area contributed by atoms with Crippen molar-refractivity contribution in [2.45, 2.75) is 19.4 Å². The Hall–Kier alpha value is -2.29. The first-order valence-corrected chi connectivity index (χ1v) is 7.39. The highest BCUT2D eigenvalue weighted by Gasteiger charge is 2.22. The Labute approximate surface area is 125 Å². The van der Waals surface area contributed by atoms with Crippen LogP contribution >= 0.6 is 0 Å². The van der Waals surface area contributed by atoms with Crippen molar-refractivity contribution in [2.24, 2.45) is 0 Å². The van der Waals surface area contributed by atoms with Crippen LogP contribution in [0.3, 0.4) is 0 Å². The summed E-state index contributed by atoms with van der Waals surface area (Å²) in [6, 6.07) is 17.5. The molecule has 0 aliphatic carbocycles. The van der Waals surface area contributed by atoms with Gasteiger partial charge in [-0.05, 0) is 30.5 Å². The highest BCUT2D eigenvalue weighted by molar-refractivity contribution is 5.97. The molecular weight excluding hydrogens is 262 g/mol. The fourth-order valence-electron chi connectivity index (χ4n) is 2.60. The number of carbonyl (C=O) groups is 1. The number of para-hydroxylation sites is 1. The Morgan fingerprint density at radius 3 is 2.38 bits per heavy atom. The van der Waals surface area contributed by atoms with Crippen molar-refractivity contribution in [2.75, 3.05) is 13.1 Å². The summed E-state index contributed by atoms with van der Waals surface area (Å²) < 4.78 is 5.86. The molecule has 2 aromatic rings. The van der Waals surface area contributed by atoms with Gasteiger partial charge < -0.3 is 9.64 Å². The Morgan fingerprint density at radius 1 is 0.952 bits per heavy atom. The fraction of sp³-hybridized carbons (Fsp3) is 0.278. The highest BCUT2D eigenvalue weighted by atomic mass is 16.5. The van der Waals surface area contributed by atoms with Crippen LogP contribution in [0.2, 0.25) is 0 Å². The fourth-order valence-corrected chi connectivity index (χ4v) is 2.60. The molecule has 0 radical (unpaired) electrons. The van der Waals surface area contributed by atoms with E-state index in [1.807, 2.05) is 59.5 Å². The number of likely N-dealkylation sites (tertiary alicyclic amines) is 1. The Balaban J connectivity index is 1.74. The number of amides is 1. The van der Waals surface area contributed by atoms with E-state index in [2.05, 4.69) is 0 Å². The van der Waals surface area contributed by atoms with E-state index in [1.165, 1.54) is 0 Å². The first-order valence-electron chi connectivity index (χ1n) is 7.39. The quantitative estimate of drug-likeness (QED) is 0.858. The predicted octanol–water partition coefficient (Wildman–Crippen LogP) is 3.50. The average molecular weight is 281 g/mol. The van der Waals surface area contributed by atoms with Crippen LogP contribution in [0.1, 0.15) is 28.8 Å². The number of rotatable bonds is 4. The van der Waals surface area contributed by atoms with Crippen LogP contribution in [0.5, 0.6) is 5.75 Å². The van der Waals surface area contributed by atoms with Crippen molar-refractivity contribution in [1.82, 2.24) is 4.90 Å². The van der Waals surface area contributed by atoms with Gasteiger partial charge in [-0.25, -0.2) is 0 Å². The van der Waals surface area contributed by atoms with Crippen molar-refractivity contribution >= 4 is 5.91 Å². The summed E-state index contributed by atoms with van der Waals surface area (Å²) in [6.45, 7) is 2.18. The summed E-state index contributed by atoms with van der Waals surface area (Å²) in [5, 5.41) is 0. The molecule has 0 spiro atoms. The second kappa shape index (κ2) is 6.44. The molecule has 1 heterocycles. The maximum absolute atomic E-state index is 12.5. The molecule has 1 saturated heterocycles. The van der Waals surface area contributed by atoms with Crippen LogP contribution in [0.25, 0.3) is 0 Å². The molecule has 2 aromatic carbocycles. The molecule has 1 fully saturated rings. The van der Waals surface area contributed by atoms with E-state index < -0.39 is 0 Å². The lowest BCUT2D eigenvalue weighted by Crippen LogP contribution is -2.28. The van der Waals surface area contributed by atoms with E-state index in [4.69, 9.17) is 4.74 Å². The molecule has 0 N–H and O–H groups in total. The molecule has 0 bridgehead atoms. The van der Waals surface area contributed by atoms with Crippen LogP contribution in [-0.2, 0) is 6.61 Å². The molecule has 108 valence electrons. The molecule has 1 aliphatic heterocycles. The van der Waals surface area contributed by atoms with E-state index in [9.17, 15) is 4.79 Å². The minimum absolute atomic E-state index is 0.0798. The van der Waals surface area contributed by atoms with Gasteiger partial charge in [-0.3, -0.25) is 4.79 Å². The normalized spacial score (nSPS) is 14.2. The zero-order valence-corrected chi connectivity index (χ0v) is 12.0. The molecule has 3 heteroatoms. The number of hydrogen-bond acceptors (Lipinski definition) is 2. The third kappa shape index (κ3) is 3.24. The van der Waals surface area contributed by atoms with Crippen LogP contribution in [0.15, 0.2) is 54.6 Å². The van der Waals surface area contributed by atoms with Crippen molar-refractivity contribution in [3.8, 4) is 5.75 Å². The summed E-state index contributed by atoms with van der Waals surface area (Å²) >= 11 is 0.